The molecule has 15 heavy (non-hydrogen) atoms. The van der Waals surface area contributed by atoms with Crippen LogP contribution in [0.1, 0.15) is 20.3 Å². The van der Waals surface area contributed by atoms with Gasteiger partial charge in [-0.2, -0.15) is 0 Å². The summed E-state index contributed by atoms with van der Waals surface area (Å²) >= 11 is 3.47. The Balaban J connectivity index is 2.16. The lowest BCUT2D eigenvalue weighted by atomic mass is 9.92. The first-order chi connectivity index (χ1) is 7.15. The molecule has 1 aliphatic rings. The number of rotatable bonds is 1. The average Bonchev–Trinajstić information content (AvgIpc) is 2.16. The Kier molecular flexibility index (Phi) is 3.29. The largest absolute Gasteiger partial charge is 0.370 e. The Bertz CT molecular complexity index is 330. The van der Waals surface area contributed by atoms with Crippen LogP contribution in [-0.4, -0.2) is 18.1 Å². The highest BCUT2D eigenvalue weighted by atomic mass is 79.9. The predicted octanol–water partition coefficient (Wildman–Crippen LogP) is 3.33. The summed E-state index contributed by atoms with van der Waals surface area (Å²) in [5.41, 5.74) is 1.24. The number of piperidine rings is 1. The van der Waals surface area contributed by atoms with E-state index in [4.69, 9.17) is 0 Å². The van der Waals surface area contributed by atoms with Gasteiger partial charge in [-0.15, -0.1) is 0 Å². The molecule has 0 N–H and O–H groups in total. The lowest BCUT2D eigenvalue weighted by Gasteiger charge is -2.36. The molecule has 2 rings (SSSR count). The molecule has 0 aromatic carbocycles. The lowest BCUT2D eigenvalue weighted by molar-refractivity contribution is 0.356. The maximum atomic E-state index is 4.22. The van der Waals surface area contributed by atoms with Crippen molar-refractivity contribution in [3.05, 3.63) is 22.9 Å². The van der Waals surface area contributed by atoms with Crippen molar-refractivity contribution in [3.8, 4) is 0 Å². The number of hydrogen-bond acceptors (Lipinski definition) is 2. The number of nitrogens with zero attached hydrogens (tertiary/aromatic N) is 2. The van der Waals surface area contributed by atoms with Crippen LogP contribution in [0.15, 0.2) is 22.9 Å². The summed E-state index contributed by atoms with van der Waals surface area (Å²) in [5, 5.41) is 0. The fourth-order valence-corrected chi connectivity index (χ4v) is 2.80. The lowest BCUT2D eigenvalue weighted by Crippen LogP contribution is -2.38. The molecule has 0 bridgehead atoms. The average molecular weight is 269 g/mol. The van der Waals surface area contributed by atoms with E-state index in [2.05, 4.69) is 45.7 Å². The first-order valence-electron chi connectivity index (χ1n) is 5.50. The molecular weight excluding hydrogens is 252 g/mol. The van der Waals surface area contributed by atoms with E-state index in [1.54, 1.807) is 0 Å². The molecule has 2 heterocycles. The first kappa shape index (κ1) is 10.9. The number of hydrogen-bond donors (Lipinski definition) is 0. The molecule has 2 nitrogen and oxygen atoms in total. The van der Waals surface area contributed by atoms with E-state index >= 15 is 0 Å². The molecule has 2 atom stereocenters. The van der Waals surface area contributed by atoms with E-state index in [1.807, 2.05) is 12.4 Å². The van der Waals surface area contributed by atoms with Crippen LogP contribution in [0.25, 0.3) is 0 Å². The van der Waals surface area contributed by atoms with Gasteiger partial charge in [-0.05, 0) is 40.3 Å². The summed E-state index contributed by atoms with van der Waals surface area (Å²) in [6, 6.07) is 2.15. The minimum atomic E-state index is 0.785. The summed E-state index contributed by atoms with van der Waals surface area (Å²) in [5.74, 6) is 1.57. The molecular formula is C12H17BrN2. The van der Waals surface area contributed by atoms with Crippen LogP contribution in [0.3, 0.4) is 0 Å². The van der Waals surface area contributed by atoms with Gasteiger partial charge in [0.25, 0.3) is 0 Å². The van der Waals surface area contributed by atoms with Crippen molar-refractivity contribution in [1.82, 2.24) is 4.98 Å². The Morgan fingerprint density at radius 2 is 1.93 bits per heavy atom. The third-order valence-electron chi connectivity index (χ3n) is 2.92. The minimum Gasteiger partial charge on any atom is -0.370 e. The monoisotopic (exact) mass is 268 g/mol. The molecule has 0 spiro atoms. The van der Waals surface area contributed by atoms with Gasteiger partial charge < -0.3 is 4.90 Å². The molecule has 1 aliphatic heterocycles. The van der Waals surface area contributed by atoms with Gasteiger partial charge in [0.1, 0.15) is 0 Å². The van der Waals surface area contributed by atoms with Gasteiger partial charge in [0.05, 0.1) is 11.9 Å². The number of anilines is 1. The molecule has 0 radical (unpaired) electrons. The Morgan fingerprint density at radius 3 is 2.53 bits per heavy atom. The van der Waals surface area contributed by atoms with Crippen molar-refractivity contribution in [3.63, 3.8) is 0 Å². The number of halogens is 1. The van der Waals surface area contributed by atoms with Gasteiger partial charge in [0.15, 0.2) is 0 Å². The molecule has 1 aromatic heterocycles. The van der Waals surface area contributed by atoms with E-state index in [1.165, 1.54) is 12.1 Å². The second-order valence-electron chi connectivity index (χ2n) is 4.71. The van der Waals surface area contributed by atoms with Gasteiger partial charge in [-0.25, -0.2) is 0 Å². The van der Waals surface area contributed by atoms with Crippen LogP contribution >= 0.6 is 15.9 Å². The van der Waals surface area contributed by atoms with Crippen LogP contribution in [0.5, 0.6) is 0 Å². The van der Waals surface area contributed by atoms with Crippen LogP contribution in [-0.2, 0) is 0 Å². The quantitative estimate of drug-likeness (QED) is 0.777. The highest BCUT2D eigenvalue weighted by Crippen LogP contribution is 2.27. The maximum absolute atomic E-state index is 4.22. The molecule has 0 saturated carbocycles. The maximum Gasteiger partial charge on any atom is 0.0564 e. The van der Waals surface area contributed by atoms with Crippen molar-refractivity contribution >= 4 is 21.6 Å². The van der Waals surface area contributed by atoms with E-state index in [-0.39, 0.29) is 0 Å². The van der Waals surface area contributed by atoms with Crippen molar-refractivity contribution in [2.75, 3.05) is 18.0 Å². The first-order valence-corrected chi connectivity index (χ1v) is 6.30. The summed E-state index contributed by atoms with van der Waals surface area (Å²) in [6.07, 6.45) is 5.13. The molecule has 2 unspecified atom stereocenters. The fraction of sp³-hybridized carbons (Fsp3) is 0.583. The minimum absolute atomic E-state index is 0.785. The predicted molar refractivity (Wildman–Crippen MR) is 67.1 cm³/mol. The molecule has 1 fully saturated rings. The van der Waals surface area contributed by atoms with E-state index in [9.17, 15) is 0 Å². The van der Waals surface area contributed by atoms with Crippen LogP contribution in [0.2, 0.25) is 0 Å². The van der Waals surface area contributed by atoms with E-state index in [0.29, 0.717) is 0 Å². The molecule has 0 amide bonds. The van der Waals surface area contributed by atoms with Crippen LogP contribution < -0.4 is 4.90 Å². The third-order valence-corrected chi connectivity index (χ3v) is 3.36. The van der Waals surface area contributed by atoms with Crippen molar-refractivity contribution in [2.45, 2.75) is 20.3 Å². The Morgan fingerprint density at radius 1 is 1.27 bits per heavy atom. The Hall–Kier alpha value is -0.570. The van der Waals surface area contributed by atoms with Crippen LogP contribution in [0, 0.1) is 11.8 Å². The number of pyridine rings is 1. The molecule has 1 saturated heterocycles. The zero-order valence-electron chi connectivity index (χ0n) is 9.28. The highest BCUT2D eigenvalue weighted by molar-refractivity contribution is 9.10. The standard InChI is InChI=1S/C12H17BrN2/c1-9-3-10(2)8-15(7-9)12-4-11(13)5-14-6-12/h4-6,9-10H,3,7-8H2,1-2H3. The zero-order valence-corrected chi connectivity index (χ0v) is 10.9. The highest BCUT2D eigenvalue weighted by Gasteiger charge is 2.22. The summed E-state index contributed by atoms with van der Waals surface area (Å²) in [6.45, 7) is 6.97. The fourth-order valence-electron chi connectivity index (χ4n) is 2.45. The summed E-state index contributed by atoms with van der Waals surface area (Å²) in [7, 11) is 0. The second-order valence-corrected chi connectivity index (χ2v) is 5.63. The Labute approximate surface area is 99.8 Å². The van der Waals surface area contributed by atoms with Crippen molar-refractivity contribution in [1.29, 1.82) is 0 Å². The van der Waals surface area contributed by atoms with E-state index < -0.39 is 0 Å². The SMILES string of the molecule is CC1CC(C)CN(c2cncc(Br)c2)C1. The smallest absolute Gasteiger partial charge is 0.0564 e. The van der Waals surface area contributed by atoms with Gasteiger partial charge in [0, 0.05) is 23.8 Å². The van der Waals surface area contributed by atoms with Crippen LogP contribution in [0.4, 0.5) is 5.69 Å². The molecule has 0 aliphatic carbocycles. The second kappa shape index (κ2) is 4.52. The van der Waals surface area contributed by atoms with Crippen molar-refractivity contribution in [2.24, 2.45) is 11.8 Å². The topological polar surface area (TPSA) is 16.1 Å². The summed E-state index contributed by atoms with van der Waals surface area (Å²) in [4.78, 5) is 6.66. The van der Waals surface area contributed by atoms with Gasteiger partial charge in [-0.1, -0.05) is 13.8 Å². The van der Waals surface area contributed by atoms with Gasteiger partial charge in [0.2, 0.25) is 0 Å². The van der Waals surface area contributed by atoms with E-state index in [0.717, 1.165) is 29.4 Å². The number of aromatic nitrogens is 1. The molecule has 1 aromatic rings. The van der Waals surface area contributed by atoms with Gasteiger partial charge in [-0.3, -0.25) is 4.98 Å². The van der Waals surface area contributed by atoms with Crippen molar-refractivity contribution < 1.29 is 0 Å². The van der Waals surface area contributed by atoms with Gasteiger partial charge >= 0.3 is 0 Å². The normalized spacial score (nSPS) is 26.7. The molecule has 82 valence electrons. The molecule has 3 heteroatoms. The summed E-state index contributed by atoms with van der Waals surface area (Å²) < 4.78 is 1.06. The third kappa shape index (κ3) is 2.71. The zero-order chi connectivity index (χ0) is 10.8.